The number of fused-ring (bicyclic) bond motifs is 4. The Kier molecular flexibility index (Phi) is 11.1. The highest BCUT2D eigenvalue weighted by atomic mass is 32.7. The average molecular weight is 885 g/mol. The first-order valence-corrected chi connectivity index (χ1v) is 22.7. The van der Waals surface area contributed by atoms with Gasteiger partial charge in [-0.25, -0.2) is 37.8 Å². The quantitative estimate of drug-likeness (QED) is 0.118. The van der Waals surface area contributed by atoms with Crippen LogP contribution in [0.3, 0.4) is 0 Å². The van der Waals surface area contributed by atoms with Crippen molar-refractivity contribution < 1.29 is 55.1 Å². The van der Waals surface area contributed by atoms with E-state index in [1.807, 2.05) is 0 Å². The number of H-pyrrole nitrogens is 1. The molecule has 8 rings (SSSR count). The molecule has 5 aromatic rings. The number of carbonyl (C=O) groups is 2. The van der Waals surface area contributed by atoms with E-state index in [2.05, 4.69) is 65.0 Å². The number of hydrogen-bond donors (Lipinski definition) is 5. The van der Waals surface area contributed by atoms with Crippen LogP contribution in [0, 0.1) is 5.92 Å². The molecule has 1 unspecified atom stereocenters. The van der Waals surface area contributed by atoms with E-state index >= 15 is 8.78 Å². The lowest BCUT2D eigenvalue weighted by Gasteiger charge is -2.28. The van der Waals surface area contributed by atoms with Crippen molar-refractivity contribution in [2.75, 3.05) is 23.8 Å². The molecule has 4 aromatic heterocycles. The minimum Gasteiger partial charge on any atom is -0.346 e. The molecule has 0 spiro atoms. The number of thiol groups is 2. The Morgan fingerprint density at radius 1 is 0.845 bits per heavy atom. The number of ether oxygens (including phenoxy) is 2. The molecule has 3 N–H and O–H groups in total. The summed E-state index contributed by atoms with van der Waals surface area (Å²) in [6, 6.07) is 8.30. The smallest absolute Gasteiger partial charge is 0.346 e. The molecule has 3 aliphatic rings. The molecule has 27 heteroatoms. The Morgan fingerprint density at radius 3 is 2.00 bits per heavy atom. The van der Waals surface area contributed by atoms with Gasteiger partial charge in [-0.05, 0) is 12.1 Å². The van der Waals surface area contributed by atoms with Gasteiger partial charge in [-0.15, -0.1) is 0 Å². The molecule has 1 aromatic carbocycles. The fraction of sp³-hybridized carbons (Fsp3) is 0.419. The van der Waals surface area contributed by atoms with E-state index < -0.39 is 99.3 Å². The van der Waals surface area contributed by atoms with Crippen molar-refractivity contribution in [2.24, 2.45) is 5.92 Å². The molecule has 0 aliphatic carbocycles. The lowest BCUT2D eigenvalue weighted by Crippen LogP contribution is -2.36. The predicted molar refractivity (Wildman–Crippen MR) is 204 cm³/mol. The van der Waals surface area contributed by atoms with Crippen LogP contribution in [0.1, 0.15) is 36.7 Å². The number of alkyl halides is 2. The summed E-state index contributed by atoms with van der Waals surface area (Å²) in [4.78, 5) is 61.0. The topological polar surface area (TPSA) is 255 Å². The second-order valence-electron chi connectivity index (χ2n) is 13.4. The number of hydrogen-bond acceptors (Lipinski definition) is 16. The summed E-state index contributed by atoms with van der Waals surface area (Å²) in [6.45, 7) is -7.38. The van der Waals surface area contributed by atoms with Gasteiger partial charge in [-0.1, -0.05) is 56.5 Å². The van der Waals surface area contributed by atoms with E-state index in [1.165, 1.54) is 10.9 Å². The fourth-order valence-corrected chi connectivity index (χ4v) is 9.36. The number of halogens is 2. The second-order valence-corrected chi connectivity index (χ2v) is 19.2. The van der Waals surface area contributed by atoms with Crippen LogP contribution in [0.4, 0.5) is 20.5 Å². The first kappa shape index (κ1) is 40.6. The standard InChI is InChI=1S/C31H32F2N10O11P2S2/c1-13(2)26(44)40-31-39-25-20(28(46)41-31)37-12-43(25)30-18(33)22-16(52-30)9-50-55(47,57)53-21-15(8-49-56(48,58)54-22)51-29(17(21)32)42-11-36-19-23(34-10-35-24(19)42)38-27(45)14-6-4-3-5-7-14/h3-7,10-13,15-18,21-22,29-30H,8-9H2,1-2H3,(H,47,57)(H,48,58)(H,34,35,38,45)(H2,39,40,41,44,46)/t15-,16-,17-,18-,21-,22-,29-,30-,55?,56-/m1/s1. The zero-order valence-electron chi connectivity index (χ0n) is 29.9. The number of anilines is 2. The number of nitrogens with zero attached hydrogens (tertiary/aromatic N) is 7. The third-order valence-electron chi connectivity index (χ3n) is 9.22. The Bertz CT molecular complexity index is 2550. The minimum atomic E-state index is -4.55. The van der Waals surface area contributed by atoms with Crippen LogP contribution in [0.2, 0.25) is 0 Å². The summed E-state index contributed by atoms with van der Waals surface area (Å²) in [6.07, 6.45) is -10.7. The SMILES string of the molecule is CC(C)C(=O)Nc1nc2c(ncn2[C@@H]2O[C@@H]3COP(=O)(S)O[C@H]4[C@@H](F)[C@H](n5cnc6c(NC(=O)c7ccccc7)ncnc65)O[C@@H]4CO[P@@](=O)(S)O[C@H]3[C@H]2F)c(=O)[nH]1. The van der Waals surface area contributed by atoms with Gasteiger partial charge in [-0.2, -0.15) is 4.98 Å². The fourth-order valence-electron chi connectivity index (χ4n) is 6.39. The predicted octanol–water partition coefficient (Wildman–Crippen LogP) is 4.17. The maximum atomic E-state index is 16.4. The highest BCUT2D eigenvalue weighted by molar-refractivity contribution is 8.44. The Morgan fingerprint density at radius 2 is 1.41 bits per heavy atom. The number of nitrogens with one attached hydrogen (secondary N) is 3. The summed E-state index contributed by atoms with van der Waals surface area (Å²) in [5.41, 5.74) is -0.715. The van der Waals surface area contributed by atoms with Gasteiger partial charge >= 0.3 is 13.6 Å². The molecule has 10 atom stereocenters. The third-order valence-corrected chi connectivity index (χ3v) is 12.4. The normalized spacial score (nSPS) is 31.7. The summed E-state index contributed by atoms with van der Waals surface area (Å²) >= 11 is 8.06. The van der Waals surface area contributed by atoms with Gasteiger partial charge in [0.2, 0.25) is 11.9 Å². The summed E-state index contributed by atoms with van der Waals surface area (Å²) in [5.74, 6) is -1.64. The van der Waals surface area contributed by atoms with Gasteiger partial charge in [-0.3, -0.25) is 51.9 Å². The molecule has 3 fully saturated rings. The van der Waals surface area contributed by atoms with Crippen molar-refractivity contribution in [3.8, 4) is 0 Å². The van der Waals surface area contributed by atoms with Crippen LogP contribution in [0.15, 0.2) is 54.1 Å². The lowest BCUT2D eigenvalue weighted by molar-refractivity contribution is -0.118. The Hall–Kier alpha value is -4.16. The highest BCUT2D eigenvalue weighted by Crippen LogP contribution is 2.60. The Labute approximate surface area is 335 Å². The number of rotatable bonds is 6. The molecule has 0 bridgehead atoms. The van der Waals surface area contributed by atoms with Crippen molar-refractivity contribution in [1.82, 2.24) is 39.0 Å². The van der Waals surface area contributed by atoms with E-state index in [1.54, 1.807) is 44.2 Å². The van der Waals surface area contributed by atoms with Crippen LogP contribution in [0.5, 0.6) is 0 Å². The van der Waals surface area contributed by atoms with Crippen LogP contribution in [-0.2, 0) is 41.5 Å². The molecule has 21 nitrogen and oxygen atoms in total. The summed E-state index contributed by atoms with van der Waals surface area (Å²) in [7, 11) is 0. The summed E-state index contributed by atoms with van der Waals surface area (Å²) in [5, 5.41) is 5.10. The Balaban J connectivity index is 1.03. The summed E-state index contributed by atoms with van der Waals surface area (Å²) < 4.78 is 96.2. The highest BCUT2D eigenvalue weighted by Gasteiger charge is 2.54. The van der Waals surface area contributed by atoms with Gasteiger partial charge in [0, 0.05) is 11.5 Å². The number of benzene rings is 1. The van der Waals surface area contributed by atoms with Gasteiger partial charge < -0.3 is 14.8 Å². The van der Waals surface area contributed by atoms with Gasteiger partial charge in [0.1, 0.15) is 30.7 Å². The van der Waals surface area contributed by atoms with Crippen molar-refractivity contribution in [2.45, 2.75) is 63.1 Å². The van der Waals surface area contributed by atoms with E-state index in [0.29, 0.717) is 5.56 Å². The lowest BCUT2D eigenvalue weighted by atomic mass is 10.1. The molecular formula is C31H32F2N10O11P2S2. The molecule has 0 saturated carbocycles. The molecule has 0 radical (unpaired) electrons. The largest absolute Gasteiger partial charge is 0.386 e. The van der Waals surface area contributed by atoms with E-state index in [-0.39, 0.29) is 34.1 Å². The maximum Gasteiger partial charge on any atom is 0.386 e. The van der Waals surface area contributed by atoms with Gasteiger partial charge in [0.05, 0.1) is 25.9 Å². The van der Waals surface area contributed by atoms with Crippen molar-refractivity contribution in [1.29, 1.82) is 0 Å². The number of aromatic nitrogens is 8. The number of aromatic amines is 1. The second kappa shape index (κ2) is 15.8. The van der Waals surface area contributed by atoms with Gasteiger partial charge in [0.25, 0.3) is 11.5 Å². The van der Waals surface area contributed by atoms with Crippen LogP contribution >= 0.6 is 38.1 Å². The molecule has 58 heavy (non-hydrogen) atoms. The number of carbonyl (C=O) groups excluding carboxylic acids is 2. The van der Waals surface area contributed by atoms with E-state index in [4.69, 9.17) is 27.6 Å². The van der Waals surface area contributed by atoms with E-state index in [9.17, 15) is 23.5 Å². The monoisotopic (exact) mass is 884 g/mol. The molecule has 3 saturated heterocycles. The zero-order valence-corrected chi connectivity index (χ0v) is 33.5. The van der Waals surface area contributed by atoms with Crippen LogP contribution in [-0.4, -0.2) is 101 Å². The third kappa shape index (κ3) is 7.95. The van der Waals surface area contributed by atoms with Crippen molar-refractivity contribution >= 4 is 84.0 Å². The average Bonchev–Trinajstić information content (AvgIpc) is 3.94. The van der Waals surface area contributed by atoms with Crippen LogP contribution in [0.25, 0.3) is 22.3 Å². The molecule has 3 aliphatic heterocycles. The first-order chi connectivity index (χ1) is 27.6. The van der Waals surface area contributed by atoms with E-state index in [0.717, 1.165) is 17.2 Å². The van der Waals surface area contributed by atoms with Crippen molar-refractivity contribution in [3.05, 3.63) is 65.2 Å². The maximum absolute atomic E-state index is 16.4. The van der Waals surface area contributed by atoms with Crippen molar-refractivity contribution in [3.63, 3.8) is 0 Å². The molecular weight excluding hydrogens is 852 g/mol. The number of amides is 2. The first-order valence-electron chi connectivity index (χ1n) is 17.3. The molecule has 2 amide bonds. The molecule has 308 valence electrons. The van der Waals surface area contributed by atoms with Gasteiger partial charge in [0.15, 0.2) is 52.9 Å². The zero-order chi connectivity index (χ0) is 41.1. The number of imidazole rings is 2. The molecule has 7 heterocycles. The minimum absolute atomic E-state index is 0.0192. The van der Waals surface area contributed by atoms with Crippen LogP contribution < -0.4 is 16.2 Å².